The lowest BCUT2D eigenvalue weighted by Crippen LogP contribution is -2.44. The second kappa shape index (κ2) is 12.3. The van der Waals surface area contributed by atoms with Gasteiger partial charge in [-0.1, -0.05) is 170 Å². The van der Waals surface area contributed by atoms with E-state index in [0.717, 1.165) is 67.0 Å². The maximum Gasteiger partial charge on any atom is 0.204 e. The normalized spacial score (nSPS) is 15.7. The first-order valence-electron chi connectivity index (χ1n) is 19.5. The summed E-state index contributed by atoms with van der Waals surface area (Å²) in [5, 5.41) is 8.65. The topological polar surface area (TPSA) is 46.6 Å². The lowest BCUT2D eigenvalue weighted by molar-refractivity contribution is 0.509. The average molecular weight is 730 g/mol. The van der Waals surface area contributed by atoms with Crippen molar-refractivity contribution in [1.82, 2.24) is 14.5 Å². The van der Waals surface area contributed by atoms with Gasteiger partial charge in [0, 0.05) is 32.8 Å². The van der Waals surface area contributed by atoms with Gasteiger partial charge in [0.2, 0.25) is 6.29 Å². The van der Waals surface area contributed by atoms with Crippen LogP contribution in [-0.4, -0.2) is 20.8 Å². The highest BCUT2D eigenvalue weighted by Gasteiger charge is 2.45. The zero-order chi connectivity index (χ0) is 37.5. The van der Waals surface area contributed by atoms with Gasteiger partial charge in [-0.3, -0.25) is 4.57 Å². The van der Waals surface area contributed by atoms with Gasteiger partial charge in [-0.2, -0.15) is 0 Å². The van der Waals surface area contributed by atoms with Gasteiger partial charge < -0.3 is 9.88 Å². The smallest absolute Gasteiger partial charge is 0.204 e. The summed E-state index contributed by atoms with van der Waals surface area (Å²) in [7, 11) is 0. The molecular weight excluding hydrogens is 695 g/mol. The van der Waals surface area contributed by atoms with Crippen molar-refractivity contribution in [3.63, 3.8) is 0 Å². The molecule has 2 aliphatic heterocycles. The highest BCUT2D eigenvalue weighted by atomic mass is 15.3. The zero-order valence-electron chi connectivity index (χ0n) is 30.9. The lowest BCUT2D eigenvalue weighted by Gasteiger charge is -2.38. The molecule has 1 atom stereocenters. The predicted molar refractivity (Wildman–Crippen MR) is 235 cm³/mol. The Labute approximate surface area is 329 Å². The standard InChI is InChI=1S/C52H35N5/c1-5-17-34(18-6-1)36-31-39-33-40(32-36)56-45-27-15-13-25-41(45)43-29-30-44-42-26-14-16-28-46(42)57(48(44)47(43)56)51-54-49(35-19-7-2-8-20-35)53-50(55-51)52(39,37-21-9-3-10-22-37)38-23-11-4-12-24-38/h1-33,51H,(H,53,54,55). The van der Waals surface area contributed by atoms with Crippen LogP contribution in [0.15, 0.2) is 210 Å². The largest absolute Gasteiger partial charge is 0.331 e. The van der Waals surface area contributed by atoms with Crippen LogP contribution in [0.5, 0.6) is 0 Å². The molecule has 8 aromatic carbocycles. The second-order valence-corrected chi connectivity index (χ2v) is 15.0. The van der Waals surface area contributed by atoms with Crippen molar-refractivity contribution in [3.05, 3.63) is 222 Å². The number of fused-ring (bicyclic) bond motifs is 11. The molecule has 4 bridgehead atoms. The van der Waals surface area contributed by atoms with Crippen molar-refractivity contribution >= 4 is 55.3 Å². The molecular formula is C52H35N5. The quantitative estimate of drug-likeness (QED) is 0.193. The maximum atomic E-state index is 5.86. The first-order valence-corrected chi connectivity index (χ1v) is 19.5. The van der Waals surface area contributed by atoms with Crippen molar-refractivity contribution in [3.8, 4) is 16.8 Å². The molecule has 0 amide bonds. The molecule has 5 nitrogen and oxygen atoms in total. The van der Waals surface area contributed by atoms with E-state index >= 15 is 0 Å². The summed E-state index contributed by atoms with van der Waals surface area (Å²) >= 11 is 0. The summed E-state index contributed by atoms with van der Waals surface area (Å²) < 4.78 is 4.92. The third-order valence-corrected chi connectivity index (χ3v) is 12.0. The lowest BCUT2D eigenvalue weighted by atomic mass is 9.67. The molecule has 0 spiro atoms. The van der Waals surface area contributed by atoms with Gasteiger partial charge >= 0.3 is 0 Å². The minimum absolute atomic E-state index is 0.538. The Hall–Kier alpha value is -7.50. The fourth-order valence-corrected chi connectivity index (χ4v) is 9.56. The zero-order valence-corrected chi connectivity index (χ0v) is 30.9. The Morgan fingerprint density at radius 2 is 0.982 bits per heavy atom. The third-order valence-electron chi connectivity index (χ3n) is 12.0. The van der Waals surface area contributed by atoms with Gasteiger partial charge in [-0.25, -0.2) is 9.98 Å². The number of aliphatic imine (C=N–C) groups is 2. The molecule has 4 heterocycles. The van der Waals surface area contributed by atoms with Crippen LogP contribution in [0.2, 0.25) is 0 Å². The van der Waals surface area contributed by atoms with Gasteiger partial charge in [-0.15, -0.1) is 0 Å². The van der Waals surface area contributed by atoms with E-state index in [9.17, 15) is 0 Å². The van der Waals surface area contributed by atoms with E-state index in [4.69, 9.17) is 9.98 Å². The van der Waals surface area contributed by atoms with Crippen LogP contribution in [0.1, 0.15) is 28.5 Å². The van der Waals surface area contributed by atoms with Gasteiger partial charge in [0.25, 0.3) is 0 Å². The summed E-state index contributed by atoms with van der Waals surface area (Å²) in [6, 6.07) is 72.2. The SMILES string of the molecule is c1ccc(C2=NC3=NC(N2)n2c4ccccc4c4ccc5c6ccccc6n(c5c42)-c2cc(-c4ccccc4)cc(c2)C3(c2ccccc2)c2ccccc2)cc1. The number of amidine groups is 2. The van der Waals surface area contributed by atoms with E-state index in [1.807, 2.05) is 0 Å². The Bertz CT molecular complexity index is 3210. The van der Waals surface area contributed by atoms with E-state index < -0.39 is 11.7 Å². The first kappa shape index (κ1) is 31.8. The molecule has 0 radical (unpaired) electrons. The number of nitrogens with one attached hydrogen (secondary N) is 1. The molecule has 57 heavy (non-hydrogen) atoms. The highest BCUT2D eigenvalue weighted by Crippen LogP contribution is 2.48. The molecule has 1 unspecified atom stereocenters. The van der Waals surface area contributed by atoms with Crippen LogP contribution in [-0.2, 0) is 5.41 Å². The molecule has 0 fully saturated rings. The second-order valence-electron chi connectivity index (χ2n) is 15.0. The van der Waals surface area contributed by atoms with E-state index in [2.05, 4.69) is 215 Å². The summed E-state index contributed by atoms with van der Waals surface area (Å²) in [6.45, 7) is 0. The molecule has 2 aliphatic rings. The van der Waals surface area contributed by atoms with Crippen molar-refractivity contribution in [1.29, 1.82) is 0 Å². The molecule has 268 valence electrons. The van der Waals surface area contributed by atoms with E-state index in [1.165, 1.54) is 21.5 Å². The fourth-order valence-electron chi connectivity index (χ4n) is 9.56. The van der Waals surface area contributed by atoms with E-state index in [-0.39, 0.29) is 0 Å². The van der Waals surface area contributed by atoms with Crippen LogP contribution in [0.3, 0.4) is 0 Å². The highest BCUT2D eigenvalue weighted by molar-refractivity contribution is 6.23. The van der Waals surface area contributed by atoms with Gasteiger partial charge in [-0.05, 0) is 58.1 Å². The van der Waals surface area contributed by atoms with E-state index in [0.29, 0.717) is 5.84 Å². The third kappa shape index (κ3) is 4.57. The minimum atomic E-state index is -0.927. The molecule has 0 saturated heterocycles. The molecule has 0 saturated carbocycles. The Morgan fingerprint density at radius 1 is 0.439 bits per heavy atom. The number of para-hydroxylation sites is 2. The molecule has 10 aromatic rings. The van der Waals surface area contributed by atoms with Crippen molar-refractivity contribution in [2.24, 2.45) is 9.98 Å². The monoisotopic (exact) mass is 729 g/mol. The average Bonchev–Trinajstić information content (AvgIpc) is 3.81. The first-order chi connectivity index (χ1) is 28.3. The summed E-state index contributed by atoms with van der Waals surface area (Å²) in [5.41, 5.74) is 11.2. The predicted octanol–water partition coefficient (Wildman–Crippen LogP) is 11.8. The van der Waals surface area contributed by atoms with Gasteiger partial charge in [0.1, 0.15) is 17.1 Å². The molecule has 0 aliphatic carbocycles. The number of aromatic nitrogens is 2. The fraction of sp³-hybridized carbons (Fsp3) is 0.0385. The van der Waals surface area contributed by atoms with Crippen molar-refractivity contribution < 1.29 is 0 Å². The summed E-state index contributed by atoms with van der Waals surface area (Å²) in [5.74, 6) is 1.49. The molecule has 2 aromatic heterocycles. The summed E-state index contributed by atoms with van der Waals surface area (Å²) in [6.07, 6.45) is -0.538. The number of hydrogen-bond donors (Lipinski definition) is 1. The van der Waals surface area contributed by atoms with Crippen LogP contribution >= 0.6 is 0 Å². The minimum Gasteiger partial charge on any atom is -0.331 e. The summed E-state index contributed by atoms with van der Waals surface area (Å²) in [4.78, 5) is 11.5. The Morgan fingerprint density at radius 3 is 1.65 bits per heavy atom. The van der Waals surface area contributed by atoms with Gasteiger partial charge in [0.05, 0.1) is 22.1 Å². The molecule has 5 heteroatoms. The number of nitrogens with zero attached hydrogens (tertiary/aromatic N) is 4. The molecule has 12 rings (SSSR count). The van der Waals surface area contributed by atoms with E-state index in [1.54, 1.807) is 0 Å². The van der Waals surface area contributed by atoms with Gasteiger partial charge in [0.15, 0.2) is 0 Å². The number of rotatable bonds is 4. The van der Waals surface area contributed by atoms with Crippen LogP contribution in [0.25, 0.3) is 60.4 Å². The van der Waals surface area contributed by atoms with Crippen molar-refractivity contribution in [2.45, 2.75) is 11.7 Å². The number of hydrogen-bond acceptors (Lipinski definition) is 3. The number of benzene rings is 8. The molecule has 1 N–H and O–H groups in total. The Kier molecular flexibility index (Phi) is 6.84. The van der Waals surface area contributed by atoms with Crippen LogP contribution in [0.4, 0.5) is 0 Å². The maximum absolute atomic E-state index is 5.86. The van der Waals surface area contributed by atoms with Crippen LogP contribution < -0.4 is 5.32 Å². The van der Waals surface area contributed by atoms with Crippen LogP contribution in [0, 0.1) is 0 Å². The Balaban J connectivity index is 1.36. The van der Waals surface area contributed by atoms with Crippen molar-refractivity contribution in [2.75, 3.05) is 0 Å².